The monoisotopic (exact) mass is 297 g/mol. The second-order valence-electron chi connectivity index (χ2n) is 4.20. The molecule has 0 saturated heterocycles. The molecule has 0 radical (unpaired) electrons. The van der Waals surface area contributed by atoms with Crippen LogP contribution in [0.3, 0.4) is 0 Å². The quantitative estimate of drug-likeness (QED) is 0.602. The van der Waals surface area contributed by atoms with Gasteiger partial charge in [-0.05, 0) is 6.92 Å². The summed E-state index contributed by atoms with van der Waals surface area (Å²) in [5.74, 6) is 0.806. The smallest absolute Gasteiger partial charge is 0.247 e. The molecule has 21 heavy (non-hydrogen) atoms. The third-order valence-corrected chi connectivity index (χ3v) is 2.79. The zero-order valence-electron chi connectivity index (χ0n) is 12.0. The molecule has 116 valence electrons. The molecule has 2 aromatic rings. The van der Waals surface area contributed by atoms with Gasteiger partial charge in [0.15, 0.2) is 11.2 Å². The zero-order chi connectivity index (χ0) is 15.2. The van der Waals surface area contributed by atoms with Gasteiger partial charge in [-0.3, -0.25) is 4.57 Å². The van der Waals surface area contributed by atoms with Crippen LogP contribution in [0.4, 0.5) is 5.95 Å². The number of rotatable bonds is 8. The van der Waals surface area contributed by atoms with Crippen molar-refractivity contribution in [3.05, 3.63) is 6.33 Å². The van der Waals surface area contributed by atoms with Gasteiger partial charge < -0.3 is 25.0 Å². The van der Waals surface area contributed by atoms with Gasteiger partial charge in [-0.2, -0.15) is 9.97 Å². The van der Waals surface area contributed by atoms with Gasteiger partial charge in [0.2, 0.25) is 11.8 Å². The molecule has 2 rings (SSSR count). The van der Waals surface area contributed by atoms with Gasteiger partial charge in [0.1, 0.15) is 12.8 Å². The summed E-state index contributed by atoms with van der Waals surface area (Å²) >= 11 is 0. The molecule has 0 saturated carbocycles. The zero-order valence-corrected chi connectivity index (χ0v) is 12.0. The van der Waals surface area contributed by atoms with Crippen molar-refractivity contribution in [3.63, 3.8) is 0 Å². The topological polar surface area (TPSA) is 115 Å². The van der Waals surface area contributed by atoms with E-state index in [0.29, 0.717) is 29.6 Å². The van der Waals surface area contributed by atoms with Crippen LogP contribution in [-0.2, 0) is 11.5 Å². The minimum absolute atomic E-state index is 0.105. The van der Waals surface area contributed by atoms with Gasteiger partial charge in [-0.15, -0.1) is 0 Å². The van der Waals surface area contributed by atoms with Crippen molar-refractivity contribution in [3.8, 4) is 5.88 Å². The largest absolute Gasteiger partial charge is 0.476 e. The van der Waals surface area contributed by atoms with E-state index in [1.54, 1.807) is 17.9 Å². The predicted molar refractivity (Wildman–Crippen MR) is 75.1 cm³/mol. The molecule has 0 unspecified atom stereocenters. The lowest BCUT2D eigenvalue weighted by molar-refractivity contribution is -0.0488. The highest BCUT2D eigenvalue weighted by Crippen LogP contribution is 2.22. The molecular formula is C12H19N5O4. The summed E-state index contributed by atoms with van der Waals surface area (Å²) in [5.41, 5.74) is 1.08. The van der Waals surface area contributed by atoms with Crippen LogP contribution in [0.2, 0.25) is 0 Å². The minimum atomic E-state index is -0.639. The molecule has 0 spiro atoms. The normalized spacial score (nSPS) is 11.3. The maximum Gasteiger partial charge on any atom is 0.247 e. The second-order valence-corrected chi connectivity index (χ2v) is 4.20. The molecule has 0 aliphatic carbocycles. The van der Waals surface area contributed by atoms with Gasteiger partial charge in [0.05, 0.1) is 26.1 Å². The van der Waals surface area contributed by atoms with Crippen molar-refractivity contribution in [1.82, 2.24) is 19.5 Å². The average molecular weight is 297 g/mol. The van der Waals surface area contributed by atoms with Crippen LogP contribution in [0.25, 0.3) is 11.2 Å². The van der Waals surface area contributed by atoms with E-state index in [2.05, 4.69) is 20.3 Å². The van der Waals surface area contributed by atoms with Gasteiger partial charge in [0.25, 0.3) is 0 Å². The fraction of sp³-hybridized carbons (Fsp3) is 0.583. The van der Waals surface area contributed by atoms with Crippen LogP contribution >= 0.6 is 0 Å². The lowest BCUT2D eigenvalue weighted by atomic mass is 10.4. The highest BCUT2D eigenvalue weighted by Gasteiger charge is 2.15. The fourth-order valence-corrected chi connectivity index (χ4v) is 1.71. The predicted octanol–water partition coefficient (Wildman–Crippen LogP) is -0.406. The summed E-state index contributed by atoms with van der Waals surface area (Å²) in [6, 6.07) is 0. The van der Waals surface area contributed by atoms with Crippen molar-refractivity contribution in [1.29, 1.82) is 0 Å². The van der Waals surface area contributed by atoms with Crippen molar-refractivity contribution in [2.24, 2.45) is 0 Å². The third kappa shape index (κ3) is 3.38. The molecular weight excluding hydrogens is 278 g/mol. The summed E-state index contributed by atoms with van der Waals surface area (Å²) in [7, 11) is 1.71. The summed E-state index contributed by atoms with van der Waals surface area (Å²) < 4.78 is 12.5. The number of aliphatic hydroxyl groups excluding tert-OH is 2. The Labute approximate surface area is 121 Å². The Kier molecular flexibility index (Phi) is 5.26. The molecule has 0 aliphatic rings. The Balaban J connectivity index is 2.30. The number of anilines is 1. The third-order valence-electron chi connectivity index (χ3n) is 2.79. The number of nitrogens with one attached hydrogen (secondary N) is 1. The van der Waals surface area contributed by atoms with Crippen molar-refractivity contribution in [2.75, 3.05) is 32.2 Å². The maximum absolute atomic E-state index is 9.00. The Hall–Kier alpha value is -1.97. The summed E-state index contributed by atoms with van der Waals surface area (Å²) in [4.78, 5) is 12.8. The summed E-state index contributed by atoms with van der Waals surface area (Å²) in [6.45, 7) is 1.91. The van der Waals surface area contributed by atoms with Crippen LogP contribution in [0.15, 0.2) is 6.33 Å². The van der Waals surface area contributed by atoms with E-state index in [4.69, 9.17) is 19.7 Å². The summed E-state index contributed by atoms with van der Waals surface area (Å²) in [6.07, 6.45) is 0.909. The molecule has 0 amide bonds. The van der Waals surface area contributed by atoms with Crippen molar-refractivity contribution in [2.45, 2.75) is 19.8 Å². The molecule has 0 aliphatic heterocycles. The highest BCUT2D eigenvalue weighted by molar-refractivity contribution is 5.77. The Morgan fingerprint density at radius 1 is 1.33 bits per heavy atom. The molecule has 9 heteroatoms. The van der Waals surface area contributed by atoms with E-state index in [1.165, 1.54) is 0 Å². The molecule has 9 nitrogen and oxygen atoms in total. The number of nitrogens with zero attached hydrogens (tertiary/aromatic N) is 4. The fourth-order valence-electron chi connectivity index (χ4n) is 1.71. The van der Waals surface area contributed by atoms with Crippen molar-refractivity contribution < 1.29 is 19.7 Å². The molecule has 0 bridgehead atoms. The van der Waals surface area contributed by atoms with Crippen LogP contribution in [0.1, 0.15) is 6.92 Å². The highest BCUT2D eigenvalue weighted by atomic mass is 16.5. The molecule has 2 aromatic heterocycles. The van der Waals surface area contributed by atoms with E-state index in [0.717, 1.165) is 0 Å². The van der Waals surface area contributed by atoms with Crippen LogP contribution < -0.4 is 10.1 Å². The first-order valence-corrected chi connectivity index (χ1v) is 6.60. The van der Waals surface area contributed by atoms with Gasteiger partial charge >= 0.3 is 0 Å². The lowest BCUT2D eigenvalue weighted by Gasteiger charge is -2.13. The number of hydrogen-bond donors (Lipinski definition) is 3. The SMILES string of the molecule is CCOc1nc(NC)nc2c1ncn2COC(CO)CO. The number of fused-ring (bicyclic) bond motifs is 1. The van der Waals surface area contributed by atoms with Gasteiger partial charge in [0, 0.05) is 7.05 Å². The average Bonchev–Trinajstić information content (AvgIpc) is 2.92. The number of ether oxygens (including phenoxy) is 2. The molecule has 2 heterocycles. The van der Waals surface area contributed by atoms with Gasteiger partial charge in [-0.1, -0.05) is 0 Å². The number of imidazole rings is 1. The lowest BCUT2D eigenvalue weighted by Crippen LogP contribution is -2.23. The number of hydrogen-bond acceptors (Lipinski definition) is 8. The Bertz CT molecular complexity index is 584. The van der Waals surface area contributed by atoms with E-state index < -0.39 is 6.10 Å². The second kappa shape index (κ2) is 7.16. The first kappa shape index (κ1) is 15.4. The molecule has 0 aromatic carbocycles. The summed E-state index contributed by atoms with van der Waals surface area (Å²) in [5, 5.41) is 20.9. The standard InChI is InChI=1S/C12H19N5O4/c1-3-20-11-9-10(15-12(13-2)16-11)17(6-14-9)7-21-8(4-18)5-19/h6,8,18-19H,3-5,7H2,1-2H3,(H,13,15,16). The number of aliphatic hydroxyl groups is 2. The van der Waals surface area contributed by atoms with E-state index in [9.17, 15) is 0 Å². The molecule has 3 N–H and O–H groups in total. The Morgan fingerprint density at radius 2 is 2.10 bits per heavy atom. The Morgan fingerprint density at radius 3 is 2.71 bits per heavy atom. The van der Waals surface area contributed by atoms with E-state index >= 15 is 0 Å². The first-order chi connectivity index (χ1) is 10.2. The minimum Gasteiger partial charge on any atom is -0.476 e. The van der Waals surface area contributed by atoms with Crippen LogP contribution in [-0.4, -0.2) is 62.7 Å². The first-order valence-electron chi connectivity index (χ1n) is 6.60. The molecule has 0 atom stereocenters. The molecule has 0 fully saturated rings. The van der Waals surface area contributed by atoms with Crippen LogP contribution in [0, 0.1) is 0 Å². The van der Waals surface area contributed by atoms with E-state index in [1.807, 2.05) is 6.92 Å². The van der Waals surface area contributed by atoms with Crippen LogP contribution in [0.5, 0.6) is 5.88 Å². The maximum atomic E-state index is 9.00. The van der Waals surface area contributed by atoms with Gasteiger partial charge in [-0.25, -0.2) is 4.98 Å². The number of aromatic nitrogens is 4. The van der Waals surface area contributed by atoms with Crippen molar-refractivity contribution >= 4 is 17.1 Å². The van der Waals surface area contributed by atoms with E-state index in [-0.39, 0.29) is 19.9 Å².